The highest BCUT2D eigenvalue weighted by atomic mass is 31.2. The summed E-state index contributed by atoms with van der Waals surface area (Å²) in [6, 6.07) is -0.899. The molecule has 0 bridgehead atoms. The third-order valence-corrected chi connectivity index (χ3v) is 15.3. The highest BCUT2D eigenvalue weighted by molar-refractivity contribution is 7.45. The molecule has 0 radical (unpaired) electrons. The van der Waals surface area contributed by atoms with Crippen LogP contribution in [-0.2, 0) is 27.9 Å². The third kappa shape index (κ3) is 58.1. The van der Waals surface area contributed by atoms with Gasteiger partial charge in [-0.05, 0) is 102 Å². The number of nitrogens with zero attached hydrogens (tertiary/aromatic N) is 1. The molecule has 0 saturated heterocycles. The molecule has 0 spiro atoms. The predicted molar refractivity (Wildman–Crippen MR) is 335 cm³/mol. The fourth-order valence-corrected chi connectivity index (χ4v) is 9.99. The highest BCUT2D eigenvalue weighted by Gasteiger charge is 2.27. The molecule has 3 atom stereocenters. The summed E-state index contributed by atoms with van der Waals surface area (Å²) in [5.41, 5.74) is 0. The molecular weight excluding hydrogens is 988 g/mol. The normalized spacial score (nSPS) is 14.1. The number of esters is 1. The number of phosphoric acid groups is 1. The maximum atomic E-state index is 13.5. The molecule has 1 amide bonds. The van der Waals surface area contributed by atoms with Crippen molar-refractivity contribution >= 4 is 19.7 Å². The van der Waals surface area contributed by atoms with Crippen molar-refractivity contribution < 1.29 is 37.3 Å². The van der Waals surface area contributed by atoms with Gasteiger partial charge in [-0.1, -0.05) is 255 Å². The first kappa shape index (κ1) is 75.5. The summed E-state index contributed by atoms with van der Waals surface area (Å²) in [5.74, 6) is -0.553. The zero-order chi connectivity index (χ0) is 57.2. The van der Waals surface area contributed by atoms with Crippen LogP contribution in [0.15, 0.2) is 72.9 Å². The predicted octanol–water partition coefficient (Wildman–Crippen LogP) is 19.8. The van der Waals surface area contributed by atoms with Gasteiger partial charge in [-0.25, -0.2) is 0 Å². The molecule has 0 rings (SSSR count). The van der Waals surface area contributed by atoms with E-state index in [-0.39, 0.29) is 24.9 Å². The molecule has 0 aliphatic carbocycles. The lowest BCUT2D eigenvalue weighted by Crippen LogP contribution is -2.47. The monoisotopic (exact) mass is 1110 g/mol. The summed E-state index contributed by atoms with van der Waals surface area (Å²) in [4.78, 5) is 40.1. The molecule has 0 fully saturated rings. The van der Waals surface area contributed by atoms with Crippen molar-refractivity contribution in [2.45, 2.75) is 309 Å². The van der Waals surface area contributed by atoms with Gasteiger partial charge in [-0.3, -0.25) is 14.2 Å². The Morgan fingerprint density at radius 1 is 0.449 bits per heavy atom. The maximum Gasteiger partial charge on any atom is 0.306 e. The first-order chi connectivity index (χ1) is 37.9. The number of nitrogens with one attached hydrogen (secondary N) is 1. The first-order valence-electron chi connectivity index (χ1n) is 32.7. The Morgan fingerprint density at radius 2 is 0.782 bits per heavy atom. The fourth-order valence-electron chi connectivity index (χ4n) is 9.27. The quantitative estimate of drug-likeness (QED) is 0.0212. The van der Waals surface area contributed by atoms with Crippen LogP contribution in [0.4, 0.5) is 0 Å². The van der Waals surface area contributed by atoms with Gasteiger partial charge in [0.1, 0.15) is 19.3 Å². The van der Waals surface area contributed by atoms with E-state index in [1.54, 1.807) is 0 Å². The van der Waals surface area contributed by atoms with E-state index in [9.17, 15) is 19.0 Å². The van der Waals surface area contributed by atoms with Crippen LogP contribution in [0.2, 0.25) is 0 Å². The van der Waals surface area contributed by atoms with Gasteiger partial charge < -0.3 is 28.5 Å². The van der Waals surface area contributed by atoms with Gasteiger partial charge in [0.05, 0.1) is 33.8 Å². The van der Waals surface area contributed by atoms with Crippen molar-refractivity contribution in [3.05, 3.63) is 72.9 Å². The number of rotatable bonds is 59. The summed E-state index contributed by atoms with van der Waals surface area (Å²) in [6.45, 7) is 6.80. The molecule has 3 unspecified atom stereocenters. The Balaban J connectivity index is 5.21. The molecule has 0 aliphatic heterocycles. The van der Waals surface area contributed by atoms with Crippen molar-refractivity contribution in [3.8, 4) is 0 Å². The van der Waals surface area contributed by atoms with Crippen LogP contribution in [0.1, 0.15) is 297 Å². The molecule has 0 saturated carbocycles. The maximum absolute atomic E-state index is 13.5. The summed E-state index contributed by atoms with van der Waals surface area (Å²) in [5, 5.41) is 3.03. The number of ether oxygens (including phenoxy) is 1. The largest absolute Gasteiger partial charge is 0.756 e. The number of hydrogen-bond donors (Lipinski definition) is 1. The minimum absolute atomic E-state index is 0.0272. The van der Waals surface area contributed by atoms with E-state index in [2.05, 4.69) is 86.8 Å². The number of likely N-dealkylation sites (N-methyl/N-ethyl adjacent to an activating group) is 1. The number of amides is 1. The Labute approximate surface area is 483 Å². The average Bonchev–Trinajstić information content (AvgIpc) is 3.40. The molecule has 0 heterocycles. The lowest BCUT2D eigenvalue weighted by Gasteiger charge is -2.30. The van der Waals surface area contributed by atoms with Gasteiger partial charge in [-0.2, -0.15) is 0 Å². The lowest BCUT2D eigenvalue weighted by molar-refractivity contribution is -0.870. The Bertz CT molecular complexity index is 1570. The minimum Gasteiger partial charge on any atom is -0.756 e. The van der Waals surface area contributed by atoms with Gasteiger partial charge in [0.2, 0.25) is 5.91 Å². The Hall–Kier alpha value is -2.55. The Kier molecular flexibility index (Phi) is 55.8. The van der Waals surface area contributed by atoms with Crippen LogP contribution in [0.5, 0.6) is 0 Å². The molecular formula is C68H125N2O7P. The van der Waals surface area contributed by atoms with E-state index in [4.69, 9.17) is 13.8 Å². The second kappa shape index (κ2) is 57.7. The van der Waals surface area contributed by atoms with Crippen LogP contribution in [0.25, 0.3) is 0 Å². The molecule has 0 aromatic heterocycles. The average molecular weight is 1110 g/mol. The Morgan fingerprint density at radius 3 is 1.19 bits per heavy atom. The van der Waals surface area contributed by atoms with Crippen LogP contribution in [0.3, 0.4) is 0 Å². The van der Waals surface area contributed by atoms with Crippen LogP contribution in [0, 0.1) is 0 Å². The highest BCUT2D eigenvalue weighted by Crippen LogP contribution is 2.38. The van der Waals surface area contributed by atoms with Crippen molar-refractivity contribution in [2.75, 3.05) is 40.9 Å². The van der Waals surface area contributed by atoms with E-state index >= 15 is 0 Å². The molecule has 9 nitrogen and oxygen atoms in total. The van der Waals surface area contributed by atoms with Crippen molar-refractivity contribution in [1.29, 1.82) is 0 Å². The van der Waals surface area contributed by atoms with Gasteiger partial charge in [0, 0.05) is 12.8 Å². The lowest BCUT2D eigenvalue weighted by atomic mass is 10.0. The smallest absolute Gasteiger partial charge is 0.306 e. The zero-order valence-corrected chi connectivity index (χ0v) is 52.8. The van der Waals surface area contributed by atoms with Crippen LogP contribution in [-0.4, -0.2) is 69.4 Å². The number of allylic oxidation sites excluding steroid dienone is 11. The van der Waals surface area contributed by atoms with Gasteiger partial charge in [0.25, 0.3) is 7.82 Å². The van der Waals surface area contributed by atoms with Crippen molar-refractivity contribution in [3.63, 3.8) is 0 Å². The second-order valence-electron chi connectivity index (χ2n) is 23.3. The summed E-state index contributed by atoms with van der Waals surface area (Å²) < 4.78 is 30.4. The standard InChI is InChI=1S/C68H125N2O7P/c1-7-10-13-16-19-22-25-28-30-32-34-35-37-39-41-43-46-49-52-55-58-61-68(72)77-66(59-56-53-50-47-44-27-24-21-18-15-12-9-3)65(64-76-78(73,74)75-63-62-70(4,5)6)69-67(71)60-57-54-51-48-45-42-40-38-36-33-31-29-26-23-20-17-14-11-8-2/h19-20,22-23,28-31,36,38,56,59,65-66H,7-18,21,24-27,32-35,37,39-55,57-58,60-64H2,1-6H3,(H-,69,71,73,74)/b22-19-,23-20-,30-28-,31-29-,38-36-,59-56+. The molecule has 0 aliphatic rings. The van der Waals surface area contributed by atoms with Crippen molar-refractivity contribution in [2.24, 2.45) is 0 Å². The summed E-state index contributed by atoms with van der Waals surface area (Å²) in [6.07, 6.45) is 74.3. The van der Waals surface area contributed by atoms with E-state index in [1.807, 2.05) is 33.3 Å². The number of carbonyl (C=O) groups is 2. The van der Waals surface area contributed by atoms with E-state index in [0.29, 0.717) is 17.4 Å². The summed E-state index contributed by atoms with van der Waals surface area (Å²) >= 11 is 0. The zero-order valence-electron chi connectivity index (χ0n) is 51.9. The fraction of sp³-hybridized carbons (Fsp3) is 0.794. The number of phosphoric ester groups is 1. The third-order valence-electron chi connectivity index (χ3n) is 14.4. The molecule has 454 valence electrons. The van der Waals surface area contributed by atoms with Crippen LogP contribution < -0.4 is 10.2 Å². The molecule has 10 heteroatoms. The summed E-state index contributed by atoms with van der Waals surface area (Å²) in [7, 11) is 1.17. The van der Waals surface area contributed by atoms with Gasteiger partial charge in [-0.15, -0.1) is 0 Å². The second-order valence-corrected chi connectivity index (χ2v) is 24.7. The number of hydrogen-bond acceptors (Lipinski definition) is 7. The first-order valence-corrected chi connectivity index (χ1v) is 34.2. The van der Waals surface area contributed by atoms with E-state index in [1.165, 1.54) is 161 Å². The molecule has 78 heavy (non-hydrogen) atoms. The SMILES string of the molecule is CCCCC/C=C\C/C=C\C/C=C\CCCCCCCCC(=O)NC(COP(=O)([O-])OCC[N+](C)(C)C)C(/C=C/CCCCCCCCCCCC)OC(=O)CCCCCCCCCCCCC/C=C\C/C=C\CCCCC. The topological polar surface area (TPSA) is 114 Å². The van der Waals surface area contributed by atoms with E-state index in [0.717, 1.165) is 103 Å². The minimum atomic E-state index is -4.71. The number of carbonyl (C=O) groups excluding carboxylic acids is 2. The number of quaternary nitrogens is 1. The molecule has 0 aromatic carbocycles. The number of unbranched alkanes of at least 4 members (excludes halogenated alkanes) is 33. The van der Waals surface area contributed by atoms with Gasteiger partial charge >= 0.3 is 5.97 Å². The van der Waals surface area contributed by atoms with Crippen molar-refractivity contribution in [1.82, 2.24) is 5.32 Å². The molecule has 0 aromatic rings. The molecule has 1 N–H and O–H groups in total. The van der Waals surface area contributed by atoms with Crippen LogP contribution >= 0.6 is 7.82 Å². The van der Waals surface area contributed by atoms with E-state index < -0.39 is 26.6 Å². The van der Waals surface area contributed by atoms with Gasteiger partial charge in [0.15, 0.2) is 0 Å².